The van der Waals surface area contributed by atoms with Gasteiger partial charge >= 0.3 is 0 Å². The summed E-state index contributed by atoms with van der Waals surface area (Å²) < 4.78 is 0. The van der Waals surface area contributed by atoms with E-state index in [1.165, 1.54) is 12.8 Å². The van der Waals surface area contributed by atoms with Gasteiger partial charge in [0.15, 0.2) is 0 Å². The monoisotopic (exact) mass is 212 g/mol. The second-order valence-electron chi connectivity index (χ2n) is 4.77. The van der Waals surface area contributed by atoms with Crippen molar-refractivity contribution in [3.63, 3.8) is 0 Å². The molecule has 1 atom stereocenters. The van der Waals surface area contributed by atoms with Crippen molar-refractivity contribution in [2.24, 2.45) is 5.92 Å². The van der Waals surface area contributed by atoms with E-state index in [0.29, 0.717) is 11.8 Å². The Labute approximate surface area is 93.2 Å². The van der Waals surface area contributed by atoms with Gasteiger partial charge in [0.1, 0.15) is 0 Å². The minimum atomic E-state index is 0.0810. The fourth-order valence-electron chi connectivity index (χ4n) is 2.10. The molecule has 0 bridgehead atoms. The molecule has 0 aliphatic carbocycles. The molecule has 1 amide bonds. The molecule has 3 nitrogen and oxygen atoms in total. The van der Waals surface area contributed by atoms with E-state index in [-0.39, 0.29) is 6.04 Å². The highest BCUT2D eigenvalue weighted by atomic mass is 16.2. The van der Waals surface area contributed by atoms with E-state index < -0.39 is 0 Å². The Morgan fingerprint density at radius 1 is 1.47 bits per heavy atom. The fraction of sp³-hybridized carbons (Fsp3) is 0.917. The molecule has 0 aromatic carbocycles. The van der Waals surface area contributed by atoms with Gasteiger partial charge in [0, 0.05) is 13.1 Å². The van der Waals surface area contributed by atoms with Gasteiger partial charge < -0.3 is 10.2 Å². The van der Waals surface area contributed by atoms with E-state index in [1.807, 2.05) is 4.90 Å². The molecule has 0 saturated carbocycles. The zero-order valence-corrected chi connectivity index (χ0v) is 10.3. The van der Waals surface area contributed by atoms with Gasteiger partial charge in [0.25, 0.3) is 0 Å². The number of amides is 1. The van der Waals surface area contributed by atoms with Crippen LogP contribution in [-0.4, -0.2) is 36.5 Å². The Kier molecular flexibility index (Phi) is 5.09. The molecule has 0 radical (unpaired) electrons. The summed E-state index contributed by atoms with van der Waals surface area (Å²) in [6.45, 7) is 9.08. The highest BCUT2D eigenvalue weighted by Crippen LogP contribution is 2.11. The van der Waals surface area contributed by atoms with Gasteiger partial charge in [0.05, 0.1) is 6.04 Å². The molecule has 88 valence electrons. The average Bonchev–Trinajstić information content (AvgIpc) is 2.26. The van der Waals surface area contributed by atoms with E-state index >= 15 is 0 Å². The first-order valence-corrected chi connectivity index (χ1v) is 6.17. The zero-order chi connectivity index (χ0) is 11.3. The summed E-state index contributed by atoms with van der Waals surface area (Å²) in [4.78, 5) is 14.1. The molecular weight excluding hydrogens is 188 g/mol. The Morgan fingerprint density at radius 3 is 2.67 bits per heavy atom. The lowest BCUT2D eigenvalue weighted by atomic mass is 10.0. The minimum Gasteiger partial charge on any atom is -0.341 e. The highest BCUT2D eigenvalue weighted by molar-refractivity contribution is 5.82. The number of likely N-dealkylation sites (N-methyl/N-ethyl adjacent to an activating group) is 1. The Hall–Kier alpha value is -0.570. The molecule has 15 heavy (non-hydrogen) atoms. The maximum absolute atomic E-state index is 12.1. The fourth-order valence-corrected chi connectivity index (χ4v) is 2.10. The largest absolute Gasteiger partial charge is 0.341 e. The van der Waals surface area contributed by atoms with Crippen LogP contribution < -0.4 is 5.32 Å². The van der Waals surface area contributed by atoms with Crippen molar-refractivity contribution in [2.75, 3.05) is 19.6 Å². The van der Waals surface area contributed by atoms with Crippen LogP contribution in [0.3, 0.4) is 0 Å². The third-order valence-electron chi connectivity index (χ3n) is 2.89. The molecule has 3 heteroatoms. The van der Waals surface area contributed by atoms with E-state index in [2.05, 4.69) is 26.1 Å². The van der Waals surface area contributed by atoms with Crippen LogP contribution in [0, 0.1) is 5.92 Å². The first kappa shape index (κ1) is 12.5. The number of carbonyl (C=O) groups is 1. The summed E-state index contributed by atoms with van der Waals surface area (Å²) in [5, 5.41) is 3.32. The summed E-state index contributed by atoms with van der Waals surface area (Å²) >= 11 is 0. The third kappa shape index (κ3) is 3.82. The number of piperidine rings is 1. The Balaban J connectivity index is 2.47. The van der Waals surface area contributed by atoms with Crippen LogP contribution in [0.15, 0.2) is 0 Å². The molecule has 1 aliphatic rings. The number of carbonyl (C=O) groups excluding carboxylic acids is 1. The Bertz CT molecular complexity index is 198. The Morgan fingerprint density at radius 2 is 2.20 bits per heavy atom. The van der Waals surface area contributed by atoms with Crippen molar-refractivity contribution in [3.05, 3.63) is 0 Å². The molecule has 1 aliphatic heterocycles. The van der Waals surface area contributed by atoms with Gasteiger partial charge in [-0.1, -0.05) is 20.3 Å². The molecule has 1 rings (SSSR count). The molecule has 1 fully saturated rings. The first-order chi connectivity index (χ1) is 7.15. The van der Waals surface area contributed by atoms with Crippen molar-refractivity contribution >= 4 is 5.91 Å². The lowest BCUT2D eigenvalue weighted by Gasteiger charge is -2.30. The normalized spacial score (nSPS) is 21.7. The predicted octanol–water partition coefficient (Wildman–Crippen LogP) is 1.63. The summed E-state index contributed by atoms with van der Waals surface area (Å²) in [7, 11) is 0. The van der Waals surface area contributed by atoms with Crippen LogP contribution in [0.2, 0.25) is 0 Å². The van der Waals surface area contributed by atoms with Gasteiger partial charge in [0.2, 0.25) is 5.91 Å². The molecule has 0 aromatic heterocycles. The number of rotatable bonds is 4. The van der Waals surface area contributed by atoms with Crippen LogP contribution in [0.4, 0.5) is 0 Å². The second-order valence-corrected chi connectivity index (χ2v) is 4.77. The lowest BCUT2D eigenvalue weighted by Crippen LogP contribution is -2.49. The molecular formula is C12H24N2O. The van der Waals surface area contributed by atoms with Crippen molar-refractivity contribution < 1.29 is 4.79 Å². The van der Waals surface area contributed by atoms with Crippen LogP contribution in [0.25, 0.3) is 0 Å². The number of hydrogen-bond acceptors (Lipinski definition) is 2. The van der Waals surface area contributed by atoms with Gasteiger partial charge in [-0.25, -0.2) is 0 Å². The maximum Gasteiger partial charge on any atom is 0.239 e. The molecule has 1 N–H and O–H groups in total. The van der Waals surface area contributed by atoms with Crippen molar-refractivity contribution in [2.45, 2.75) is 46.1 Å². The van der Waals surface area contributed by atoms with Gasteiger partial charge in [-0.3, -0.25) is 4.79 Å². The van der Waals surface area contributed by atoms with Crippen molar-refractivity contribution in [1.29, 1.82) is 0 Å². The smallest absolute Gasteiger partial charge is 0.239 e. The molecule has 1 heterocycles. The van der Waals surface area contributed by atoms with Gasteiger partial charge in [-0.15, -0.1) is 0 Å². The van der Waals surface area contributed by atoms with E-state index in [1.54, 1.807) is 0 Å². The standard InChI is InChI=1S/C12H24N2O/c1-4-14(9-10(2)3)12(15)11-7-5-6-8-13-11/h10-11,13H,4-9H2,1-3H3/t11-/m1/s1. The van der Waals surface area contributed by atoms with Gasteiger partial charge in [-0.05, 0) is 32.2 Å². The number of hydrogen-bond donors (Lipinski definition) is 1. The summed E-state index contributed by atoms with van der Waals surface area (Å²) in [6, 6.07) is 0.0810. The van der Waals surface area contributed by atoms with Crippen LogP contribution >= 0.6 is 0 Å². The van der Waals surface area contributed by atoms with E-state index in [4.69, 9.17) is 0 Å². The third-order valence-corrected chi connectivity index (χ3v) is 2.89. The zero-order valence-electron chi connectivity index (χ0n) is 10.3. The highest BCUT2D eigenvalue weighted by Gasteiger charge is 2.24. The SMILES string of the molecule is CCN(CC(C)C)C(=O)[C@H]1CCCCN1. The summed E-state index contributed by atoms with van der Waals surface area (Å²) in [5.41, 5.74) is 0. The molecule has 0 unspecified atom stereocenters. The van der Waals surface area contributed by atoms with Crippen LogP contribution in [0.5, 0.6) is 0 Å². The van der Waals surface area contributed by atoms with Crippen LogP contribution in [0.1, 0.15) is 40.0 Å². The first-order valence-electron chi connectivity index (χ1n) is 6.17. The molecule has 0 aromatic rings. The molecule has 0 spiro atoms. The van der Waals surface area contributed by atoms with Crippen molar-refractivity contribution in [3.8, 4) is 0 Å². The van der Waals surface area contributed by atoms with Crippen LogP contribution in [-0.2, 0) is 4.79 Å². The summed E-state index contributed by atoms with van der Waals surface area (Å²) in [6.07, 6.45) is 3.40. The van der Waals surface area contributed by atoms with Crippen molar-refractivity contribution in [1.82, 2.24) is 10.2 Å². The lowest BCUT2D eigenvalue weighted by molar-refractivity contribution is -0.134. The predicted molar refractivity (Wildman–Crippen MR) is 62.7 cm³/mol. The van der Waals surface area contributed by atoms with E-state index in [9.17, 15) is 4.79 Å². The topological polar surface area (TPSA) is 32.3 Å². The molecule has 1 saturated heterocycles. The van der Waals surface area contributed by atoms with E-state index in [0.717, 1.165) is 26.1 Å². The number of nitrogens with zero attached hydrogens (tertiary/aromatic N) is 1. The summed E-state index contributed by atoms with van der Waals surface area (Å²) in [5.74, 6) is 0.850. The average molecular weight is 212 g/mol. The minimum absolute atomic E-state index is 0.0810. The maximum atomic E-state index is 12.1. The quantitative estimate of drug-likeness (QED) is 0.768. The second kappa shape index (κ2) is 6.11. The number of nitrogens with one attached hydrogen (secondary N) is 1. The van der Waals surface area contributed by atoms with Gasteiger partial charge in [-0.2, -0.15) is 0 Å².